The first kappa shape index (κ1) is 15.0. The topological polar surface area (TPSA) is 92.9 Å². The van der Waals surface area contributed by atoms with E-state index in [2.05, 4.69) is 25.8 Å². The van der Waals surface area contributed by atoms with E-state index < -0.39 is 0 Å². The second kappa shape index (κ2) is 6.83. The minimum absolute atomic E-state index is 0.115. The van der Waals surface area contributed by atoms with Crippen LogP contribution in [0.4, 0.5) is 5.82 Å². The highest BCUT2D eigenvalue weighted by atomic mass is 16.5. The highest BCUT2D eigenvalue weighted by molar-refractivity contribution is 5.96. The zero-order chi connectivity index (χ0) is 15.2. The fourth-order valence-electron chi connectivity index (χ4n) is 1.90. The number of carbonyl (C=O) groups is 1. The lowest BCUT2D eigenvalue weighted by Crippen LogP contribution is -2.29. The molecule has 2 aromatic heterocycles. The van der Waals surface area contributed by atoms with Crippen LogP contribution < -0.4 is 10.6 Å². The van der Waals surface area contributed by atoms with Crippen molar-refractivity contribution in [3.05, 3.63) is 35.6 Å². The Hall–Kier alpha value is -2.44. The van der Waals surface area contributed by atoms with E-state index in [1.807, 2.05) is 13.8 Å². The van der Waals surface area contributed by atoms with Crippen LogP contribution in [0.25, 0.3) is 0 Å². The summed E-state index contributed by atoms with van der Waals surface area (Å²) >= 11 is 0. The number of aromatic nitrogens is 3. The summed E-state index contributed by atoms with van der Waals surface area (Å²) in [6.45, 7) is 6.73. The van der Waals surface area contributed by atoms with Crippen molar-refractivity contribution in [3.63, 3.8) is 0 Å². The molecular formula is C14H19N5O2. The van der Waals surface area contributed by atoms with Crippen LogP contribution in [0.1, 0.15) is 41.6 Å². The molecule has 0 unspecified atom stereocenters. The fraction of sp³-hybridized carbons (Fsp3) is 0.429. The molecule has 2 aromatic rings. The molecule has 1 amide bonds. The molecule has 0 aliphatic rings. The van der Waals surface area contributed by atoms with Gasteiger partial charge in [-0.2, -0.15) is 0 Å². The number of nitrogens with one attached hydrogen (secondary N) is 2. The van der Waals surface area contributed by atoms with Gasteiger partial charge < -0.3 is 15.2 Å². The molecule has 2 rings (SSSR count). The normalized spacial score (nSPS) is 10.7. The summed E-state index contributed by atoms with van der Waals surface area (Å²) in [7, 11) is 0. The largest absolute Gasteiger partial charge is 0.367 e. The van der Waals surface area contributed by atoms with E-state index in [4.69, 9.17) is 4.52 Å². The first-order valence-corrected chi connectivity index (χ1v) is 6.84. The number of hydrogen-bond donors (Lipinski definition) is 2. The molecule has 0 spiro atoms. The van der Waals surface area contributed by atoms with E-state index in [1.54, 1.807) is 25.5 Å². The van der Waals surface area contributed by atoms with Gasteiger partial charge >= 0.3 is 0 Å². The third-order valence-corrected chi connectivity index (χ3v) is 2.92. The zero-order valence-corrected chi connectivity index (χ0v) is 12.4. The third kappa shape index (κ3) is 3.77. The van der Waals surface area contributed by atoms with Crippen LogP contribution in [0.2, 0.25) is 0 Å². The van der Waals surface area contributed by atoms with Crippen LogP contribution in [-0.2, 0) is 0 Å². The van der Waals surface area contributed by atoms with Gasteiger partial charge in [-0.1, -0.05) is 19.0 Å². The van der Waals surface area contributed by atoms with Crippen LogP contribution in [0, 0.1) is 6.92 Å². The maximum absolute atomic E-state index is 12.2. The van der Waals surface area contributed by atoms with Crippen LogP contribution in [0.5, 0.6) is 0 Å². The van der Waals surface area contributed by atoms with Crippen LogP contribution in [-0.4, -0.2) is 34.1 Å². The van der Waals surface area contributed by atoms with Crippen molar-refractivity contribution < 1.29 is 9.32 Å². The lowest BCUT2D eigenvalue weighted by Gasteiger charge is -2.08. The van der Waals surface area contributed by atoms with Gasteiger partial charge in [0.15, 0.2) is 5.76 Å². The van der Waals surface area contributed by atoms with Crippen molar-refractivity contribution in [1.82, 2.24) is 20.4 Å². The van der Waals surface area contributed by atoms with Gasteiger partial charge in [0.2, 0.25) is 0 Å². The Balaban J connectivity index is 1.86. The molecule has 0 aliphatic carbocycles. The third-order valence-electron chi connectivity index (χ3n) is 2.92. The van der Waals surface area contributed by atoms with Gasteiger partial charge in [-0.25, -0.2) is 4.98 Å². The smallest absolute Gasteiger partial charge is 0.256 e. The number of anilines is 1. The highest BCUT2D eigenvalue weighted by Crippen LogP contribution is 2.21. The van der Waals surface area contributed by atoms with Crippen LogP contribution in [0.3, 0.4) is 0 Å². The molecule has 0 atom stereocenters. The molecule has 0 bridgehead atoms. The Bertz CT molecular complexity index is 595. The Kier molecular flexibility index (Phi) is 4.86. The quantitative estimate of drug-likeness (QED) is 0.787. The SMILES string of the molecule is Cc1noc(C(C)C)c1C(=O)NCCNc1cnccn1. The zero-order valence-electron chi connectivity index (χ0n) is 12.4. The van der Waals surface area contributed by atoms with Gasteiger partial charge in [0, 0.05) is 31.4 Å². The first-order valence-electron chi connectivity index (χ1n) is 6.84. The minimum atomic E-state index is -0.168. The first-order chi connectivity index (χ1) is 10.1. The molecular weight excluding hydrogens is 270 g/mol. The lowest BCUT2D eigenvalue weighted by atomic mass is 10.0. The molecule has 0 radical (unpaired) electrons. The Morgan fingerprint density at radius 2 is 2.14 bits per heavy atom. The summed E-state index contributed by atoms with van der Waals surface area (Å²) in [6.07, 6.45) is 4.84. The van der Waals surface area contributed by atoms with E-state index in [0.29, 0.717) is 35.9 Å². The molecule has 0 saturated carbocycles. The summed E-state index contributed by atoms with van der Waals surface area (Å²) in [5.41, 5.74) is 1.14. The molecule has 2 N–H and O–H groups in total. The molecule has 21 heavy (non-hydrogen) atoms. The van der Waals surface area contributed by atoms with Gasteiger partial charge in [-0.15, -0.1) is 0 Å². The van der Waals surface area contributed by atoms with Crippen molar-refractivity contribution in [1.29, 1.82) is 0 Å². The number of rotatable bonds is 6. The Morgan fingerprint density at radius 1 is 1.33 bits per heavy atom. The molecule has 7 nitrogen and oxygen atoms in total. The molecule has 2 heterocycles. The molecule has 0 saturated heterocycles. The lowest BCUT2D eigenvalue weighted by molar-refractivity contribution is 0.0952. The summed E-state index contributed by atoms with van der Waals surface area (Å²) in [5.74, 6) is 1.24. The predicted molar refractivity (Wildman–Crippen MR) is 78.2 cm³/mol. The second-order valence-corrected chi connectivity index (χ2v) is 4.94. The highest BCUT2D eigenvalue weighted by Gasteiger charge is 2.21. The van der Waals surface area contributed by atoms with Crippen LogP contribution >= 0.6 is 0 Å². The average Bonchev–Trinajstić information content (AvgIpc) is 2.86. The number of aryl methyl sites for hydroxylation is 1. The van der Waals surface area contributed by atoms with Gasteiger partial charge in [0.1, 0.15) is 11.4 Å². The molecule has 112 valence electrons. The van der Waals surface area contributed by atoms with Crippen molar-refractivity contribution in [3.8, 4) is 0 Å². The fourth-order valence-corrected chi connectivity index (χ4v) is 1.90. The molecule has 0 fully saturated rings. The maximum Gasteiger partial charge on any atom is 0.256 e. The van der Waals surface area contributed by atoms with E-state index >= 15 is 0 Å². The minimum Gasteiger partial charge on any atom is -0.367 e. The van der Waals surface area contributed by atoms with Crippen molar-refractivity contribution in [2.24, 2.45) is 0 Å². The van der Waals surface area contributed by atoms with Crippen molar-refractivity contribution >= 4 is 11.7 Å². The van der Waals surface area contributed by atoms with Crippen molar-refractivity contribution in [2.75, 3.05) is 18.4 Å². The Morgan fingerprint density at radius 3 is 2.81 bits per heavy atom. The number of hydrogen-bond acceptors (Lipinski definition) is 6. The number of amides is 1. The van der Waals surface area contributed by atoms with Gasteiger partial charge in [-0.05, 0) is 6.92 Å². The number of carbonyl (C=O) groups excluding carboxylic acids is 1. The molecule has 0 aromatic carbocycles. The molecule has 0 aliphatic heterocycles. The predicted octanol–water partition coefficient (Wildman–Crippen LogP) is 1.74. The van der Waals surface area contributed by atoms with E-state index in [9.17, 15) is 4.79 Å². The van der Waals surface area contributed by atoms with Gasteiger partial charge in [-0.3, -0.25) is 9.78 Å². The summed E-state index contributed by atoms with van der Waals surface area (Å²) in [6, 6.07) is 0. The van der Waals surface area contributed by atoms with E-state index in [0.717, 1.165) is 0 Å². The molecule has 7 heteroatoms. The van der Waals surface area contributed by atoms with Gasteiger partial charge in [0.05, 0.1) is 11.9 Å². The van der Waals surface area contributed by atoms with Crippen LogP contribution in [0.15, 0.2) is 23.1 Å². The van der Waals surface area contributed by atoms with Gasteiger partial charge in [0.25, 0.3) is 5.91 Å². The standard InChI is InChI=1S/C14H19N5O2/c1-9(2)13-12(10(3)19-21-13)14(20)18-7-6-17-11-8-15-4-5-16-11/h4-5,8-9H,6-7H2,1-3H3,(H,16,17)(H,18,20). The van der Waals surface area contributed by atoms with E-state index in [1.165, 1.54) is 0 Å². The summed E-state index contributed by atoms with van der Waals surface area (Å²) < 4.78 is 5.21. The summed E-state index contributed by atoms with van der Waals surface area (Å²) in [5, 5.41) is 9.78. The van der Waals surface area contributed by atoms with E-state index in [-0.39, 0.29) is 11.8 Å². The second-order valence-electron chi connectivity index (χ2n) is 4.94. The monoisotopic (exact) mass is 289 g/mol. The Labute approximate surface area is 123 Å². The summed E-state index contributed by atoms with van der Waals surface area (Å²) in [4.78, 5) is 20.2. The maximum atomic E-state index is 12.2. The average molecular weight is 289 g/mol. The van der Waals surface area contributed by atoms with Crippen molar-refractivity contribution in [2.45, 2.75) is 26.7 Å². The number of nitrogens with zero attached hydrogens (tertiary/aromatic N) is 3.